The minimum atomic E-state index is -4.11. The van der Waals surface area contributed by atoms with E-state index in [9.17, 15) is 17.6 Å². The number of para-hydroxylation sites is 1. The predicted molar refractivity (Wildman–Crippen MR) is 108 cm³/mol. The van der Waals surface area contributed by atoms with Crippen LogP contribution in [0.5, 0.6) is 0 Å². The summed E-state index contributed by atoms with van der Waals surface area (Å²) in [6.45, 7) is 3.12. The summed E-state index contributed by atoms with van der Waals surface area (Å²) < 4.78 is 53.1. The fraction of sp³-hybridized carbons (Fsp3) is 0.381. The van der Waals surface area contributed by atoms with E-state index in [2.05, 4.69) is 5.32 Å². The van der Waals surface area contributed by atoms with Crippen LogP contribution in [0.1, 0.15) is 28.8 Å². The van der Waals surface area contributed by atoms with Gasteiger partial charge in [-0.3, -0.25) is 4.79 Å². The van der Waals surface area contributed by atoms with Crippen LogP contribution in [0.15, 0.2) is 47.4 Å². The number of hydrogen-bond donors (Lipinski definition) is 1. The van der Waals surface area contributed by atoms with Gasteiger partial charge in [0.05, 0.1) is 13.2 Å². The highest BCUT2D eigenvalue weighted by atomic mass is 32.2. The van der Waals surface area contributed by atoms with Gasteiger partial charge in [0.15, 0.2) is 5.79 Å². The van der Waals surface area contributed by atoms with E-state index in [4.69, 9.17) is 9.47 Å². The molecule has 0 bridgehead atoms. The number of ether oxygens (including phenoxy) is 2. The monoisotopic (exact) mass is 434 g/mol. The molecule has 2 saturated heterocycles. The molecule has 2 aromatic rings. The van der Waals surface area contributed by atoms with Crippen LogP contribution in [0.25, 0.3) is 0 Å². The second-order valence-corrected chi connectivity index (χ2v) is 9.33. The summed E-state index contributed by atoms with van der Waals surface area (Å²) in [7, 11) is -4.11. The van der Waals surface area contributed by atoms with Crippen molar-refractivity contribution in [1.82, 2.24) is 4.31 Å². The summed E-state index contributed by atoms with van der Waals surface area (Å²) in [6.07, 6.45) is 0.753. The third kappa shape index (κ3) is 3.98. The lowest BCUT2D eigenvalue weighted by atomic mass is 10.1. The number of nitrogens with zero attached hydrogens (tertiary/aromatic N) is 1. The van der Waals surface area contributed by atoms with Gasteiger partial charge in [0.2, 0.25) is 10.0 Å². The summed E-state index contributed by atoms with van der Waals surface area (Å²) in [4.78, 5) is 12.1. The molecule has 2 fully saturated rings. The molecule has 9 heteroatoms. The second-order valence-electron chi connectivity index (χ2n) is 7.43. The number of piperidine rings is 1. The number of nitrogens with one attached hydrogen (secondary N) is 1. The van der Waals surface area contributed by atoms with E-state index in [0.717, 1.165) is 17.7 Å². The van der Waals surface area contributed by atoms with Gasteiger partial charge in [-0.2, -0.15) is 4.31 Å². The molecule has 0 atom stereocenters. The van der Waals surface area contributed by atoms with Crippen molar-refractivity contribution in [3.05, 3.63) is 59.4 Å². The lowest BCUT2D eigenvalue weighted by Crippen LogP contribution is -2.47. The van der Waals surface area contributed by atoms with E-state index < -0.39 is 32.4 Å². The van der Waals surface area contributed by atoms with Crippen LogP contribution in [-0.4, -0.2) is 50.7 Å². The maximum Gasteiger partial charge on any atom is 0.255 e. The maximum atomic E-state index is 14.5. The summed E-state index contributed by atoms with van der Waals surface area (Å²) in [5.41, 5.74) is 1.53. The van der Waals surface area contributed by atoms with E-state index >= 15 is 0 Å². The van der Waals surface area contributed by atoms with Crippen molar-refractivity contribution in [3.8, 4) is 0 Å². The van der Waals surface area contributed by atoms with E-state index in [-0.39, 0.29) is 18.7 Å². The molecule has 30 heavy (non-hydrogen) atoms. The van der Waals surface area contributed by atoms with Gasteiger partial charge in [-0.15, -0.1) is 0 Å². The molecule has 2 aliphatic heterocycles. The normalized spacial score (nSPS) is 19.1. The number of amides is 1. The molecule has 2 aromatic carbocycles. The molecule has 1 amide bonds. The van der Waals surface area contributed by atoms with Crippen molar-refractivity contribution in [3.63, 3.8) is 0 Å². The first kappa shape index (κ1) is 20.9. The first-order valence-corrected chi connectivity index (χ1v) is 11.2. The molecule has 7 nitrogen and oxygen atoms in total. The Morgan fingerprint density at radius 1 is 1.10 bits per heavy atom. The van der Waals surface area contributed by atoms with Crippen LogP contribution in [-0.2, 0) is 19.5 Å². The Hall–Kier alpha value is -2.33. The average molecular weight is 434 g/mol. The van der Waals surface area contributed by atoms with Gasteiger partial charge in [0.1, 0.15) is 10.7 Å². The number of hydrogen-bond acceptors (Lipinski definition) is 5. The van der Waals surface area contributed by atoms with Crippen molar-refractivity contribution in [2.45, 2.75) is 30.4 Å². The van der Waals surface area contributed by atoms with Gasteiger partial charge in [-0.25, -0.2) is 12.8 Å². The molecule has 2 aliphatic rings. The van der Waals surface area contributed by atoms with E-state index in [0.29, 0.717) is 31.7 Å². The van der Waals surface area contributed by atoms with Gasteiger partial charge in [0.25, 0.3) is 5.91 Å². The number of benzene rings is 2. The number of rotatable bonds is 4. The SMILES string of the molecule is Cc1ccccc1NC(=O)c1ccc(F)c(S(=O)(=O)N2CCC3(CC2)OCCO3)c1. The number of anilines is 1. The van der Waals surface area contributed by atoms with Crippen LogP contribution in [0.4, 0.5) is 10.1 Å². The fourth-order valence-electron chi connectivity index (χ4n) is 3.74. The van der Waals surface area contributed by atoms with Crippen LogP contribution in [0.2, 0.25) is 0 Å². The fourth-order valence-corrected chi connectivity index (χ4v) is 5.27. The Labute approximate surface area is 174 Å². The molecule has 1 spiro atoms. The largest absolute Gasteiger partial charge is 0.347 e. The summed E-state index contributed by atoms with van der Waals surface area (Å²) in [5.74, 6) is -2.14. The van der Waals surface area contributed by atoms with Crippen molar-refractivity contribution < 1.29 is 27.1 Å². The zero-order valence-electron chi connectivity index (χ0n) is 16.6. The summed E-state index contributed by atoms with van der Waals surface area (Å²) >= 11 is 0. The predicted octanol–water partition coefficient (Wildman–Crippen LogP) is 2.91. The molecule has 1 N–H and O–H groups in total. The minimum absolute atomic E-state index is 0.0640. The zero-order chi connectivity index (χ0) is 21.4. The molecule has 2 heterocycles. The maximum absolute atomic E-state index is 14.5. The highest BCUT2D eigenvalue weighted by Crippen LogP contribution is 2.34. The Bertz CT molecular complexity index is 1060. The van der Waals surface area contributed by atoms with Gasteiger partial charge >= 0.3 is 0 Å². The molecule has 0 aromatic heterocycles. The molecular weight excluding hydrogens is 411 g/mol. The highest BCUT2D eigenvalue weighted by molar-refractivity contribution is 7.89. The molecule has 4 rings (SSSR count). The Morgan fingerprint density at radius 2 is 1.77 bits per heavy atom. The van der Waals surface area contributed by atoms with Gasteiger partial charge < -0.3 is 14.8 Å². The van der Waals surface area contributed by atoms with Gasteiger partial charge in [-0.1, -0.05) is 18.2 Å². The standard InChI is InChI=1S/C21H23FN2O5S/c1-15-4-2-3-5-18(15)23-20(25)16-6-7-17(22)19(14-16)30(26,27)24-10-8-21(9-11-24)28-12-13-29-21/h2-7,14H,8-13H2,1H3,(H,23,25). The van der Waals surface area contributed by atoms with Gasteiger partial charge in [0, 0.05) is 37.2 Å². The van der Waals surface area contributed by atoms with Crippen LogP contribution in [0.3, 0.4) is 0 Å². The average Bonchev–Trinajstić information content (AvgIpc) is 3.18. The smallest absolute Gasteiger partial charge is 0.255 e. The van der Waals surface area contributed by atoms with Crippen molar-refractivity contribution in [2.24, 2.45) is 0 Å². The van der Waals surface area contributed by atoms with Crippen molar-refractivity contribution >= 4 is 21.6 Å². The quantitative estimate of drug-likeness (QED) is 0.800. The third-order valence-electron chi connectivity index (χ3n) is 5.50. The Balaban J connectivity index is 1.55. The number of sulfonamides is 1. The van der Waals surface area contributed by atoms with Crippen LogP contribution < -0.4 is 5.32 Å². The van der Waals surface area contributed by atoms with E-state index in [1.165, 1.54) is 10.4 Å². The van der Waals surface area contributed by atoms with Crippen LogP contribution in [0, 0.1) is 12.7 Å². The van der Waals surface area contributed by atoms with Crippen LogP contribution >= 0.6 is 0 Å². The van der Waals surface area contributed by atoms with Gasteiger partial charge in [-0.05, 0) is 36.8 Å². The Morgan fingerprint density at radius 3 is 2.43 bits per heavy atom. The van der Waals surface area contributed by atoms with Crippen molar-refractivity contribution in [2.75, 3.05) is 31.6 Å². The number of carbonyl (C=O) groups excluding carboxylic acids is 1. The molecule has 0 radical (unpaired) electrons. The lowest BCUT2D eigenvalue weighted by molar-refractivity contribution is -0.179. The number of halogens is 1. The topological polar surface area (TPSA) is 84.9 Å². The highest BCUT2D eigenvalue weighted by Gasteiger charge is 2.43. The molecule has 0 unspecified atom stereocenters. The third-order valence-corrected chi connectivity index (χ3v) is 7.42. The first-order chi connectivity index (χ1) is 14.3. The number of aryl methyl sites for hydroxylation is 1. The van der Waals surface area contributed by atoms with Crippen molar-refractivity contribution in [1.29, 1.82) is 0 Å². The molecule has 0 aliphatic carbocycles. The lowest BCUT2D eigenvalue weighted by Gasteiger charge is -2.36. The molecule has 0 saturated carbocycles. The summed E-state index contributed by atoms with van der Waals surface area (Å²) in [5, 5.41) is 2.73. The van der Waals surface area contributed by atoms with E-state index in [1.54, 1.807) is 12.1 Å². The number of carbonyl (C=O) groups is 1. The molecular formula is C21H23FN2O5S. The first-order valence-electron chi connectivity index (χ1n) is 9.75. The Kier molecular flexibility index (Phi) is 5.63. The zero-order valence-corrected chi connectivity index (χ0v) is 17.4. The summed E-state index contributed by atoms with van der Waals surface area (Å²) in [6, 6.07) is 10.6. The minimum Gasteiger partial charge on any atom is -0.347 e. The second kappa shape index (κ2) is 8.07. The molecule has 160 valence electrons. The van der Waals surface area contributed by atoms with E-state index in [1.807, 2.05) is 19.1 Å².